The molecule has 0 atom stereocenters. The monoisotopic (exact) mass is 590 g/mol. The highest BCUT2D eigenvalue weighted by Crippen LogP contribution is 2.47. The molecule has 0 fully saturated rings. The minimum atomic E-state index is -4.42. The summed E-state index contributed by atoms with van der Waals surface area (Å²) in [5.74, 6) is 0. The van der Waals surface area contributed by atoms with Gasteiger partial charge in [0, 0.05) is 35.9 Å². The van der Waals surface area contributed by atoms with E-state index in [4.69, 9.17) is 0 Å². The predicted molar refractivity (Wildman–Crippen MR) is 141 cm³/mol. The predicted octanol–water partition coefficient (Wildman–Crippen LogP) is 9.31. The minimum absolute atomic E-state index is 0.563. The Bertz CT molecular complexity index is 1650. The Hall–Kier alpha value is -3.68. The average Bonchev–Trinajstić information content (AvgIpc) is 3.66. The van der Waals surface area contributed by atoms with Gasteiger partial charge < -0.3 is 0 Å². The lowest BCUT2D eigenvalue weighted by atomic mass is 10.1. The van der Waals surface area contributed by atoms with Crippen molar-refractivity contribution in [2.75, 3.05) is 0 Å². The number of alkyl halides is 6. The van der Waals surface area contributed by atoms with Crippen molar-refractivity contribution in [3.05, 3.63) is 84.4 Å². The van der Waals surface area contributed by atoms with Gasteiger partial charge in [0.25, 0.3) is 0 Å². The normalized spacial score (nSPS) is 12.4. The van der Waals surface area contributed by atoms with Crippen molar-refractivity contribution < 1.29 is 26.3 Å². The van der Waals surface area contributed by atoms with Crippen LogP contribution in [0.15, 0.2) is 73.3 Å². The molecule has 0 spiro atoms. The van der Waals surface area contributed by atoms with Crippen LogP contribution in [0.2, 0.25) is 0 Å². The number of aromatic nitrogens is 4. The summed E-state index contributed by atoms with van der Waals surface area (Å²) in [5.41, 5.74) is 0.958. The third kappa shape index (κ3) is 4.92. The number of nitrogens with zero attached hydrogens (tertiary/aromatic N) is 4. The second kappa shape index (κ2) is 9.50. The highest BCUT2D eigenvalue weighted by atomic mass is 32.1. The van der Waals surface area contributed by atoms with E-state index in [-0.39, 0.29) is 0 Å². The summed E-state index contributed by atoms with van der Waals surface area (Å²) < 4.78 is 77.6. The van der Waals surface area contributed by atoms with Gasteiger partial charge in [-0.15, -0.1) is 34.0 Å². The average molecular weight is 591 g/mol. The van der Waals surface area contributed by atoms with Gasteiger partial charge >= 0.3 is 12.4 Å². The van der Waals surface area contributed by atoms with E-state index in [0.717, 1.165) is 43.8 Å². The number of rotatable bonds is 4. The molecule has 0 aliphatic carbocycles. The van der Waals surface area contributed by atoms with Gasteiger partial charge in [0.1, 0.15) is 21.0 Å². The van der Waals surface area contributed by atoms with E-state index in [0.29, 0.717) is 32.2 Å². The van der Waals surface area contributed by atoms with Gasteiger partial charge in [0.2, 0.25) is 0 Å². The molecule has 0 bridgehead atoms. The molecule has 0 saturated heterocycles. The second-order valence-corrected chi connectivity index (χ2v) is 11.3. The molecule has 0 unspecified atom stereocenters. The first-order valence-corrected chi connectivity index (χ1v) is 13.5. The molecule has 0 aliphatic rings. The Labute approximate surface area is 228 Å². The van der Waals surface area contributed by atoms with Crippen LogP contribution in [0.4, 0.5) is 26.3 Å². The first-order valence-electron chi connectivity index (χ1n) is 11.1. The molecular weight excluding hydrogens is 579 g/mol. The summed E-state index contributed by atoms with van der Waals surface area (Å²) in [7, 11) is 0. The Morgan fingerprint density at radius 2 is 0.872 bits per heavy atom. The lowest BCUT2D eigenvalue weighted by Crippen LogP contribution is -2.03. The van der Waals surface area contributed by atoms with Crippen molar-refractivity contribution in [1.82, 2.24) is 19.9 Å². The zero-order valence-electron chi connectivity index (χ0n) is 19.2. The molecular formula is C26H12F6N4S3. The van der Waals surface area contributed by atoms with Gasteiger partial charge in [0.05, 0.1) is 30.6 Å². The van der Waals surface area contributed by atoms with Crippen LogP contribution in [0.25, 0.3) is 51.7 Å². The Morgan fingerprint density at radius 3 is 1.23 bits per heavy atom. The molecule has 4 heterocycles. The summed E-state index contributed by atoms with van der Waals surface area (Å²) in [5, 5.41) is 1.13. The van der Waals surface area contributed by atoms with Crippen LogP contribution in [0.1, 0.15) is 11.1 Å². The van der Waals surface area contributed by atoms with Crippen LogP contribution in [0, 0.1) is 0 Å². The summed E-state index contributed by atoms with van der Waals surface area (Å²) in [6.07, 6.45) is -2.38. The number of benzene rings is 2. The van der Waals surface area contributed by atoms with Crippen molar-refractivity contribution in [1.29, 1.82) is 0 Å². The zero-order chi connectivity index (χ0) is 27.4. The van der Waals surface area contributed by atoms with Crippen LogP contribution < -0.4 is 0 Å². The third-order valence-corrected chi connectivity index (χ3v) is 9.33. The molecule has 13 heteroatoms. The largest absolute Gasteiger partial charge is 0.416 e. The van der Waals surface area contributed by atoms with Crippen molar-refractivity contribution in [2.24, 2.45) is 0 Å². The lowest BCUT2D eigenvalue weighted by molar-refractivity contribution is -0.138. The maximum atomic E-state index is 12.9. The fraction of sp³-hybridized carbons (Fsp3) is 0.0769. The van der Waals surface area contributed by atoms with E-state index in [1.54, 1.807) is 24.8 Å². The summed E-state index contributed by atoms with van der Waals surface area (Å²) >= 11 is 4.08. The van der Waals surface area contributed by atoms with Gasteiger partial charge in [-0.05, 0) is 24.3 Å². The van der Waals surface area contributed by atoms with E-state index >= 15 is 0 Å². The van der Waals surface area contributed by atoms with Crippen LogP contribution in [-0.4, -0.2) is 19.9 Å². The molecule has 6 aromatic rings. The Balaban J connectivity index is 1.35. The van der Waals surface area contributed by atoms with E-state index < -0.39 is 23.5 Å². The molecule has 0 N–H and O–H groups in total. The van der Waals surface area contributed by atoms with Gasteiger partial charge in [0.15, 0.2) is 0 Å². The van der Waals surface area contributed by atoms with E-state index in [2.05, 4.69) is 19.9 Å². The molecule has 2 aromatic carbocycles. The number of hydrogen-bond acceptors (Lipinski definition) is 7. The Morgan fingerprint density at radius 1 is 0.487 bits per heavy atom. The van der Waals surface area contributed by atoms with E-state index in [1.165, 1.54) is 58.3 Å². The minimum Gasteiger partial charge on any atom is -0.251 e. The van der Waals surface area contributed by atoms with Gasteiger partial charge in [-0.1, -0.05) is 24.3 Å². The number of hydrogen-bond donors (Lipinski definition) is 0. The highest BCUT2D eigenvalue weighted by Gasteiger charge is 2.31. The summed E-state index contributed by atoms with van der Waals surface area (Å²) in [6, 6.07) is 9.67. The molecule has 6 rings (SSSR count). The lowest BCUT2D eigenvalue weighted by Gasteiger charge is -2.06. The summed E-state index contributed by atoms with van der Waals surface area (Å²) in [6.45, 7) is 0. The number of fused-ring (bicyclic) bond motifs is 1. The van der Waals surface area contributed by atoms with E-state index in [1.807, 2.05) is 0 Å². The fourth-order valence-corrected chi connectivity index (χ4v) is 7.06. The van der Waals surface area contributed by atoms with Gasteiger partial charge in [-0.25, -0.2) is 9.97 Å². The SMILES string of the molecule is FC(F)(F)c1ccc(-c2ncc(-c3sc(-c4cnc(-c5ccc(C(F)(F)F)cc5)s4)c4nccnc34)s2)cc1. The molecule has 0 aliphatic heterocycles. The van der Waals surface area contributed by atoms with Crippen LogP contribution in [0.3, 0.4) is 0 Å². The van der Waals surface area contributed by atoms with E-state index in [9.17, 15) is 26.3 Å². The van der Waals surface area contributed by atoms with Crippen LogP contribution in [-0.2, 0) is 12.4 Å². The quantitative estimate of drug-likeness (QED) is 0.192. The molecule has 39 heavy (non-hydrogen) atoms. The standard InChI is InChI=1S/C26H12F6N4S3/c27-25(28,29)15-5-1-13(2-6-15)23-35-11-17(37-23)21-19-20(34-10-9-33-19)22(39-21)18-12-36-24(38-18)14-3-7-16(8-4-14)26(30,31)32/h1-12H. The second-order valence-electron chi connectivity index (χ2n) is 8.22. The maximum Gasteiger partial charge on any atom is 0.416 e. The van der Waals surface area contributed by atoms with Crippen LogP contribution in [0.5, 0.6) is 0 Å². The fourth-order valence-electron chi connectivity index (χ4n) is 3.83. The van der Waals surface area contributed by atoms with Crippen molar-refractivity contribution >= 4 is 45.0 Å². The first-order chi connectivity index (χ1) is 18.6. The topological polar surface area (TPSA) is 51.6 Å². The van der Waals surface area contributed by atoms with Crippen molar-refractivity contribution in [2.45, 2.75) is 12.4 Å². The maximum absolute atomic E-state index is 12.9. The molecule has 0 amide bonds. The molecule has 4 nitrogen and oxygen atoms in total. The first kappa shape index (κ1) is 25.6. The van der Waals surface area contributed by atoms with Gasteiger partial charge in [-0.3, -0.25) is 9.97 Å². The molecule has 0 saturated carbocycles. The van der Waals surface area contributed by atoms with Gasteiger partial charge in [-0.2, -0.15) is 26.3 Å². The third-order valence-electron chi connectivity index (χ3n) is 5.71. The smallest absolute Gasteiger partial charge is 0.251 e. The number of thiophene rings is 1. The Kier molecular flexibility index (Phi) is 6.24. The molecule has 196 valence electrons. The summed E-state index contributed by atoms with van der Waals surface area (Å²) in [4.78, 5) is 21.0. The number of halogens is 6. The van der Waals surface area contributed by atoms with Crippen molar-refractivity contribution in [3.63, 3.8) is 0 Å². The number of thiazole rings is 2. The highest BCUT2D eigenvalue weighted by molar-refractivity contribution is 7.29. The van der Waals surface area contributed by atoms with Crippen molar-refractivity contribution in [3.8, 4) is 40.7 Å². The molecule has 4 aromatic heterocycles. The zero-order valence-corrected chi connectivity index (χ0v) is 21.7. The molecule has 0 radical (unpaired) electrons. The van der Waals surface area contributed by atoms with Crippen LogP contribution >= 0.6 is 34.0 Å².